The zero-order valence-electron chi connectivity index (χ0n) is 14.8. The van der Waals surface area contributed by atoms with Gasteiger partial charge in [-0.2, -0.15) is 0 Å². The Balaban J connectivity index is 1.97. The van der Waals surface area contributed by atoms with Crippen LogP contribution in [0.1, 0.15) is 17.3 Å². The summed E-state index contributed by atoms with van der Waals surface area (Å²) in [5.41, 5.74) is 4.84. The number of amides is 2. The maximum atomic E-state index is 12.2. The van der Waals surface area contributed by atoms with E-state index in [9.17, 15) is 24.5 Å². The van der Waals surface area contributed by atoms with Crippen molar-refractivity contribution in [2.24, 2.45) is 5.73 Å². The molecular formula is C18H17N3O7. The quantitative estimate of drug-likeness (QED) is 0.397. The number of nitrogens with zero attached hydrogens (tertiary/aromatic N) is 1. The number of ether oxygens (including phenoxy) is 2. The molecule has 2 aromatic carbocycles. The molecule has 0 heterocycles. The molecule has 0 spiro atoms. The van der Waals surface area contributed by atoms with Gasteiger partial charge in [-0.05, 0) is 37.3 Å². The molecule has 0 unspecified atom stereocenters. The summed E-state index contributed by atoms with van der Waals surface area (Å²) in [5.74, 6) is -1.80. The van der Waals surface area contributed by atoms with Crippen LogP contribution >= 0.6 is 0 Å². The number of carbonyl (C=O) groups excluding carboxylic acids is 3. The van der Waals surface area contributed by atoms with E-state index < -0.39 is 28.8 Å². The Morgan fingerprint density at radius 3 is 2.39 bits per heavy atom. The molecule has 0 aliphatic heterocycles. The van der Waals surface area contributed by atoms with Crippen LogP contribution in [0.4, 0.5) is 11.4 Å². The van der Waals surface area contributed by atoms with Gasteiger partial charge in [0.1, 0.15) is 11.4 Å². The third-order valence-electron chi connectivity index (χ3n) is 3.48. The van der Waals surface area contributed by atoms with Crippen molar-refractivity contribution >= 4 is 29.2 Å². The molecule has 2 aromatic rings. The Hall–Kier alpha value is -3.95. The number of hydrogen-bond donors (Lipinski definition) is 2. The number of rotatable bonds is 8. The van der Waals surface area contributed by atoms with Crippen LogP contribution in [0.2, 0.25) is 0 Å². The van der Waals surface area contributed by atoms with Gasteiger partial charge in [-0.3, -0.25) is 19.7 Å². The largest absolute Gasteiger partial charge is 0.484 e. The molecule has 0 aliphatic carbocycles. The molecule has 28 heavy (non-hydrogen) atoms. The number of para-hydroxylation sites is 2. The van der Waals surface area contributed by atoms with Crippen molar-refractivity contribution in [3.63, 3.8) is 0 Å². The highest BCUT2D eigenvalue weighted by molar-refractivity contribution is 5.98. The van der Waals surface area contributed by atoms with Gasteiger partial charge in [-0.15, -0.1) is 0 Å². The molecule has 2 amide bonds. The smallest absolute Gasteiger partial charge is 0.338 e. The van der Waals surface area contributed by atoms with Crippen LogP contribution in [-0.2, 0) is 14.3 Å². The number of anilines is 1. The molecule has 1 atom stereocenters. The third-order valence-corrected chi connectivity index (χ3v) is 3.48. The molecular weight excluding hydrogens is 370 g/mol. The molecule has 0 fully saturated rings. The highest BCUT2D eigenvalue weighted by atomic mass is 16.6. The number of esters is 1. The molecule has 2 rings (SSSR count). The van der Waals surface area contributed by atoms with E-state index in [1.54, 1.807) is 0 Å². The predicted molar refractivity (Wildman–Crippen MR) is 97.7 cm³/mol. The summed E-state index contributed by atoms with van der Waals surface area (Å²) in [7, 11) is 0. The standard InChI is InChI=1S/C18H17N3O7/c1-11(17(23)20-14-4-2-3-5-15(14)21(25)26)28-18(24)12-6-8-13(9-7-12)27-10-16(19)22/h2-9,11H,10H2,1H3,(H2,19,22)(H,20,23)/t11-/m0/s1. The fourth-order valence-corrected chi connectivity index (χ4v) is 2.10. The van der Waals surface area contributed by atoms with E-state index in [0.717, 1.165) is 0 Å². The van der Waals surface area contributed by atoms with Gasteiger partial charge >= 0.3 is 5.97 Å². The van der Waals surface area contributed by atoms with Crippen molar-refractivity contribution in [2.75, 3.05) is 11.9 Å². The Morgan fingerprint density at radius 1 is 1.14 bits per heavy atom. The molecule has 146 valence electrons. The summed E-state index contributed by atoms with van der Waals surface area (Å²) in [6.07, 6.45) is -1.20. The number of nitrogens with two attached hydrogens (primary N) is 1. The summed E-state index contributed by atoms with van der Waals surface area (Å²) in [6, 6.07) is 11.3. The van der Waals surface area contributed by atoms with Crippen molar-refractivity contribution in [1.82, 2.24) is 0 Å². The highest BCUT2D eigenvalue weighted by Gasteiger charge is 2.22. The minimum atomic E-state index is -1.20. The molecule has 0 aromatic heterocycles. The first kappa shape index (κ1) is 20.4. The number of nitrogens with one attached hydrogen (secondary N) is 1. The van der Waals surface area contributed by atoms with Gasteiger partial charge < -0.3 is 20.5 Å². The van der Waals surface area contributed by atoms with Crippen LogP contribution in [0.15, 0.2) is 48.5 Å². The van der Waals surface area contributed by atoms with Gasteiger partial charge in [-0.1, -0.05) is 12.1 Å². The van der Waals surface area contributed by atoms with E-state index in [4.69, 9.17) is 15.2 Å². The van der Waals surface area contributed by atoms with E-state index in [2.05, 4.69) is 5.32 Å². The third kappa shape index (κ3) is 5.53. The summed E-state index contributed by atoms with van der Waals surface area (Å²) in [5, 5.41) is 13.3. The van der Waals surface area contributed by atoms with Gasteiger partial charge in [0.15, 0.2) is 12.7 Å². The van der Waals surface area contributed by atoms with Crippen molar-refractivity contribution in [1.29, 1.82) is 0 Å². The topological polar surface area (TPSA) is 151 Å². The average molecular weight is 387 g/mol. The summed E-state index contributed by atoms with van der Waals surface area (Å²) in [4.78, 5) is 45.3. The first-order valence-electron chi connectivity index (χ1n) is 8.04. The minimum Gasteiger partial charge on any atom is -0.484 e. The van der Waals surface area contributed by atoms with Crippen LogP contribution in [0.3, 0.4) is 0 Å². The monoisotopic (exact) mass is 387 g/mol. The molecule has 0 saturated heterocycles. The second kappa shape index (κ2) is 9.12. The fourth-order valence-electron chi connectivity index (χ4n) is 2.10. The van der Waals surface area contributed by atoms with Crippen LogP contribution < -0.4 is 15.8 Å². The molecule has 0 radical (unpaired) electrons. The van der Waals surface area contributed by atoms with Crippen LogP contribution in [0.25, 0.3) is 0 Å². The first-order chi connectivity index (χ1) is 13.3. The number of nitro benzene ring substituents is 1. The minimum absolute atomic E-state index is 0.00338. The number of carbonyl (C=O) groups is 3. The molecule has 3 N–H and O–H groups in total. The highest BCUT2D eigenvalue weighted by Crippen LogP contribution is 2.23. The molecule has 10 nitrogen and oxygen atoms in total. The van der Waals surface area contributed by atoms with Gasteiger partial charge in [0.05, 0.1) is 10.5 Å². The SMILES string of the molecule is C[C@H](OC(=O)c1ccc(OCC(N)=O)cc1)C(=O)Nc1ccccc1[N+](=O)[O-]. The maximum Gasteiger partial charge on any atom is 0.338 e. The summed E-state index contributed by atoms with van der Waals surface area (Å²) >= 11 is 0. The number of hydrogen-bond acceptors (Lipinski definition) is 7. The second-order valence-electron chi connectivity index (χ2n) is 5.59. The first-order valence-corrected chi connectivity index (χ1v) is 8.04. The van der Waals surface area contributed by atoms with Crippen molar-refractivity contribution in [3.8, 4) is 5.75 Å². The zero-order chi connectivity index (χ0) is 20.7. The Labute approximate surface area is 159 Å². The molecule has 0 saturated carbocycles. The summed E-state index contributed by atoms with van der Waals surface area (Å²) < 4.78 is 10.1. The van der Waals surface area contributed by atoms with E-state index in [1.807, 2.05) is 0 Å². The van der Waals surface area contributed by atoms with Crippen LogP contribution in [0, 0.1) is 10.1 Å². The number of nitro groups is 1. The van der Waals surface area contributed by atoms with Gasteiger partial charge in [0.2, 0.25) is 0 Å². The number of benzene rings is 2. The zero-order valence-corrected chi connectivity index (χ0v) is 14.8. The molecule has 10 heteroatoms. The lowest BCUT2D eigenvalue weighted by Crippen LogP contribution is -2.30. The Bertz CT molecular complexity index is 896. The van der Waals surface area contributed by atoms with E-state index in [0.29, 0.717) is 5.75 Å². The van der Waals surface area contributed by atoms with Crippen molar-refractivity contribution < 1.29 is 28.8 Å². The van der Waals surface area contributed by atoms with Gasteiger partial charge in [0.25, 0.3) is 17.5 Å². The van der Waals surface area contributed by atoms with Crippen molar-refractivity contribution in [2.45, 2.75) is 13.0 Å². The lowest BCUT2D eigenvalue weighted by molar-refractivity contribution is -0.383. The lowest BCUT2D eigenvalue weighted by atomic mass is 10.2. The van der Waals surface area contributed by atoms with Crippen LogP contribution in [0.5, 0.6) is 5.75 Å². The van der Waals surface area contributed by atoms with Crippen molar-refractivity contribution in [3.05, 3.63) is 64.2 Å². The van der Waals surface area contributed by atoms with E-state index in [1.165, 1.54) is 55.5 Å². The van der Waals surface area contributed by atoms with Crippen LogP contribution in [-0.4, -0.2) is 35.4 Å². The Morgan fingerprint density at radius 2 is 1.79 bits per heavy atom. The van der Waals surface area contributed by atoms with E-state index in [-0.39, 0.29) is 23.5 Å². The van der Waals surface area contributed by atoms with E-state index >= 15 is 0 Å². The summed E-state index contributed by atoms with van der Waals surface area (Å²) in [6.45, 7) is 1.04. The number of primary amides is 1. The Kier molecular flexibility index (Phi) is 6.63. The normalized spacial score (nSPS) is 11.2. The molecule has 0 bridgehead atoms. The average Bonchev–Trinajstić information content (AvgIpc) is 2.66. The lowest BCUT2D eigenvalue weighted by Gasteiger charge is -2.14. The van der Waals surface area contributed by atoms with Gasteiger partial charge in [0, 0.05) is 6.07 Å². The van der Waals surface area contributed by atoms with Gasteiger partial charge in [-0.25, -0.2) is 4.79 Å². The maximum absolute atomic E-state index is 12.2. The fraction of sp³-hybridized carbons (Fsp3) is 0.167. The molecule has 0 aliphatic rings. The predicted octanol–water partition coefficient (Wildman–Crippen LogP) is 1.64. The second-order valence-corrected chi connectivity index (χ2v) is 5.59.